The number of halogens is 2. The first kappa shape index (κ1) is 15.3. The van der Waals surface area contributed by atoms with Gasteiger partial charge < -0.3 is 9.64 Å². The highest BCUT2D eigenvalue weighted by molar-refractivity contribution is 9.11. The minimum absolute atomic E-state index is 0.0605. The van der Waals surface area contributed by atoms with E-state index in [4.69, 9.17) is 16.3 Å². The van der Waals surface area contributed by atoms with Crippen LogP contribution in [0.1, 0.15) is 29.1 Å². The van der Waals surface area contributed by atoms with E-state index in [9.17, 15) is 4.79 Å². The molecule has 1 saturated heterocycles. The Morgan fingerprint density at radius 1 is 1.68 bits per heavy atom. The molecule has 2 heterocycles. The molecule has 2 rings (SSSR count). The van der Waals surface area contributed by atoms with Crippen LogP contribution in [0.4, 0.5) is 0 Å². The Morgan fingerprint density at radius 2 is 2.37 bits per heavy atom. The van der Waals surface area contributed by atoms with Crippen LogP contribution in [-0.4, -0.2) is 41.5 Å². The van der Waals surface area contributed by atoms with Crippen LogP contribution in [-0.2, 0) is 4.74 Å². The van der Waals surface area contributed by atoms with Crippen molar-refractivity contribution in [2.45, 2.75) is 32.5 Å². The Bertz CT molecular complexity index is 469. The highest BCUT2D eigenvalue weighted by Crippen LogP contribution is 2.30. The molecule has 0 bridgehead atoms. The zero-order valence-corrected chi connectivity index (χ0v) is 14.4. The summed E-state index contributed by atoms with van der Waals surface area (Å²) in [5.74, 6) is 0.464. The van der Waals surface area contributed by atoms with E-state index < -0.39 is 0 Å². The zero-order chi connectivity index (χ0) is 14.2. The van der Waals surface area contributed by atoms with E-state index in [-0.39, 0.29) is 17.6 Å². The first-order valence-electron chi connectivity index (χ1n) is 6.11. The van der Waals surface area contributed by atoms with Gasteiger partial charge in [-0.15, -0.1) is 22.9 Å². The highest BCUT2D eigenvalue weighted by atomic mass is 79.9. The second-order valence-electron chi connectivity index (χ2n) is 5.41. The van der Waals surface area contributed by atoms with Crippen LogP contribution in [0.25, 0.3) is 0 Å². The van der Waals surface area contributed by atoms with Gasteiger partial charge in [0.25, 0.3) is 5.91 Å². The topological polar surface area (TPSA) is 29.5 Å². The number of nitrogens with zero attached hydrogens (tertiary/aromatic N) is 1. The number of carbonyl (C=O) groups excluding carboxylic acids is 1. The third kappa shape index (κ3) is 3.51. The highest BCUT2D eigenvalue weighted by Gasteiger charge is 2.35. The lowest BCUT2D eigenvalue weighted by atomic mass is 10.1. The van der Waals surface area contributed by atoms with E-state index in [2.05, 4.69) is 15.9 Å². The Labute approximate surface area is 131 Å². The number of amides is 1. The maximum absolute atomic E-state index is 12.5. The lowest BCUT2D eigenvalue weighted by Crippen LogP contribution is -2.55. The van der Waals surface area contributed by atoms with Gasteiger partial charge in [-0.2, -0.15) is 0 Å². The van der Waals surface area contributed by atoms with E-state index in [0.717, 1.165) is 14.2 Å². The Kier molecular flexibility index (Phi) is 4.60. The number of ether oxygens (including phenoxy) is 1. The van der Waals surface area contributed by atoms with Crippen LogP contribution in [0.2, 0.25) is 0 Å². The monoisotopic (exact) mass is 365 g/mol. The maximum atomic E-state index is 12.5. The van der Waals surface area contributed by atoms with Crippen LogP contribution in [0.15, 0.2) is 9.85 Å². The average Bonchev–Trinajstić information content (AvgIpc) is 2.66. The SMILES string of the molecule is Cc1cc(C(=O)N2CC(CCl)OC(C)(C)C2)sc1Br. The van der Waals surface area contributed by atoms with Gasteiger partial charge >= 0.3 is 0 Å². The zero-order valence-electron chi connectivity index (χ0n) is 11.2. The smallest absolute Gasteiger partial charge is 0.264 e. The summed E-state index contributed by atoms with van der Waals surface area (Å²) in [6.07, 6.45) is -0.0983. The Morgan fingerprint density at radius 3 is 2.89 bits per heavy atom. The van der Waals surface area contributed by atoms with Gasteiger partial charge in [0.05, 0.1) is 26.2 Å². The van der Waals surface area contributed by atoms with Gasteiger partial charge in [-0.05, 0) is 48.3 Å². The molecule has 1 unspecified atom stereocenters. The first-order chi connectivity index (χ1) is 8.82. The van der Waals surface area contributed by atoms with Gasteiger partial charge in [-0.25, -0.2) is 0 Å². The molecule has 0 aromatic carbocycles. The van der Waals surface area contributed by atoms with Gasteiger partial charge in [-0.3, -0.25) is 4.79 Å². The van der Waals surface area contributed by atoms with Crippen molar-refractivity contribution >= 4 is 44.8 Å². The van der Waals surface area contributed by atoms with E-state index in [0.29, 0.717) is 19.0 Å². The summed E-state index contributed by atoms with van der Waals surface area (Å²) in [7, 11) is 0. The number of carbonyl (C=O) groups is 1. The number of alkyl halides is 1. The molecule has 0 N–H and O–H groups in total. The number of hydrogen-bond acceptors (Lipinski definition) is 3. The fraction of sp³-hybridized carbons (Fsp3) is 0.615. The lowest BCUT2D eigenvalue weighted by molar-refractivity contribution is -0.117. The van der Waals surface area contributed by atoms with Crippen LogP contribution < -0.4 is 0 Å². The molecule has 1 fully saturated rings. The van der Waals surface area contributed by atoms with Gasteiger partial charge in [-0.1, -0.05) is 0 Å². The van der Waals surface area contributed by atoms with Crippen molar-refractivity contribution in [2.75, 3.05) is 19.0 Å². The normalized spacial score (nSPS) is 22.6. The molecule has 19 heavy (non-hydrogen) atoms. The predicted molar refractivity (Wildman–Crippen MR) is 82.3 cm³/mol. The number of rotatable bonds is 2. The molecule has 0 aliphatic carbocycles. The minimum Gasteiger partial charge on any atom is -0.367 e. The van der Waals surface area contributed by atoms with Crippen LogP contribution >= 0.6 is 38.9 Å². The van der Waals surface area contributed by atoms with Crippen molar-refractivity contribution in [3.05, 3.63) is 20.3 Å². The molecule has 1 aliphatic rings. The number of hydrogen-bond donors (Lipinski definition) is 0. The molecule has 106 valence electrons. The van der Waals surface area contributed by atoms with Gasteiger partial charge in [0, 0.05) is 13.1 Å². The molecule has 1 aromatic heterocycles. The summed E-state index contributed by atoms with van der Waals surface area (Å²) in [6.45, 7) is 7.11. The van der Waals surface area contributed by atoms with Crippen molar-refractivity contribution < 1.29 is 9.53 Å². The summed E-state index contributed by atoms with van der Waals surface area (Å²) in [5.41, 5.74) is 0.742. The Balaban J connectivity index is 2.18. The van der Waals surface area contributed by atoms with E-state index in [1.807, 2.05) is 31.7 Å². The van der Waals surface area contributed by atoms with Gasteiger partial charge in [0.1, 0.15) is 0 Å². The maximum Gasteiger partial charge on any atom is 0.264 e. The average molecular weight is 367 g/mol. The first-order valence-corrected chi connectivity index (χ1v) is 8.26. The molecule has 0 radical (unpaired) electrons. The van der Waals surface area contributed by atoms with Gasteiger partial charge in [0.2, 0.25) is 0 Å². The quantitative estimate of drug-likeness (QED) is 0.747. The second-order valence-corrected chi connectivity index (χ2v) is 8.09. The summed E-state index contributed by atoms with van der Waals surface area (Å²) in [6, 6.07) is 1.93. The van der Waals surface area contributed by atoms with Crippen LogP contribution in [0.3, 0.4) is 0 Å². The predicted octanol–water partition coefficient (Wildman–Crippen LogP) is 3.68. The summed E-state index contributed by atoms with van der Waals surface area (Å²) in [5, 5.41) is 0. The van der Waals surface area contributed by atoms with E-state index in [1.54, 1.807) is 0 Å². The lowest BCUT2D eigenvalue weighted by Gasteiger charge is -2.42. The Hall–Kier alpha value is -0.100. The van der Waals surface area contributed by atoms with E-state index >= 15 is 0 Å². The summed E-state index contributed by atoms with van der Waals surface area (Å²) in [4.78, 5) is 15.1. The number of morpholine rings is 1. The molecule has 6 heteroatoms. The van der Waals surface area contributed by atoms with Crippen LogP contribution in [0, 0.1) is 6.92 Å². The van der Waals surface area contributed by atoms with E-state index in [1.165, 1.54) is 11.3 Å². The van der Waals surface area contributed by atoms with Crippen molar-refractivity contribution in [3.63, 3.8) is 0 Å². The molecule has 3 nitrogen and oxygen atoms in total. The van der Waals surface area contributed by atoms with Crippen molar-refractivity contribution in [2.24, 2.45) is 0 Å². The molecule has 1 aliphatic heterocycles. The number of aryl methyl sites for hydroxylation is 1. The molecular formula is C13H17BrClNO2S. The third-order valence-corrected chi connectivity index (χ3v) is 5.48. The second kappa shape index (κ2) is 5.72. The van der Waals surface area contributed by atoms with Crippen molar-refractivity contribution in [3.8, 4) is 0 Å². The molecule has 0 saturated carbocycles. The summed E-state index contributed by atoms with van der Waals surface area (Å²) >= 11 is 10.8. The molecule has 1 amide bonds. The fourth-order valence-electron chi connectivity index (χ4n) is 2.25. The van der Waals surface area contributed by atoms with Gasteiger partial charge in [0.15, 0.2) is 0 Å². The minimum atomic E-state index is -0.350. The largest absolute Gasteiger partial charge is 0.367 e. The molecule has 0 spiro atoms. The van der Waals surface area contributed by atoms with Crippen molar-refractivity contribution in [1.29, 1.82) is 0 Å². The molecule has 1 atom stereocenters. The summed E-state index contributed by atoms with van der Waals surface area (Å²) < 4.78 is 6.85. The van der Waals surface area contributed by atoms with Crippen LogP contribution in [0.5, 0.6) is 0 Å². The molecule has 1 aromatic rings. The molecular weight excluding hydrogens is 350 g/mol. The standard InChI is InChI=1S/C13H17BrClNO2S/c1-8-4-10(19-11(8)14)12(17)16-6-9(5-15)18-13(2,3)7-16/h4,9H,5-7H2,1-3H3. The van der Waals surface area contributed by atoms with Crippen molar-refractivity contribution in [1.82, 2.24) is 4.90 Å². The fourth-order valence-corrected chi connectivity index (χ4v) is 3.92. The third-order valence-electron chi connectivity index (χ3n) is 3.01. The number of thiophene rings is 1.